The first kappa shape index (κ1) is 20.9. The zero-order valence-corrected chi connectivity index (χ0v) is 16.9. The van der Waals surface area contributed by atoms with Crippen molar-refractivity contribution in [2.45, 2.75) is 13.0 Å². The van der Waals surface area contributed by atoms with Crippen LogP contribution in [-0.4, -0.2) is 22.1 Å². The number of rotatable bonds is 5. The number of aliphatic carboxylic acids is 1. The van der Waals surface area contributed by atoms with E-state index in [0.29, 0.717) is 33.3 Å². The predicted molar refractivity (Wildman–Crippen MR) is 118 cm³/mol. The van der Waals surface area contributed by atoms with Gasteiger partial charge >= 0.3 is 5.97 Å². The number of carboxylic acids is 1. The molecule has 1 unspecified atom stereocenters. The quantitative estimate of drug-likeness (QED) is 0.431. The maximum atomic E-state index is 14.1. The monoisotopic (exact) mass is 429 g/mol. The summed E-state index contributed by atoms with van der Waals surface area (Å²) in [4.78, 5) is 15.9. The molecule has 0 aliphatic rings. The van der Waals surface area contributed by atoms with Crippen molar-refractivity contribution in [2.75, 3.05) is 5.32 Å². The van der Waals surface area contributed by atoms with E-state index in [1.807, 2.05) is 0 Å². The predicted octanol–water partition coefficient (Wildman–Crippen LogP) is 5.60. The maximum absolute atomic E-state index is 14.1. The zero-order chi connectivity index (χ0) is 22.8. The molecule has 158 valence electrons. The Hall–Kier alpha value is -4.31. The van der Waals surface area contributed by atoms with Gasteiger partial charge in [-0.2, -0.15) is 5.26 Å². The van der Waals surface area contributed by atoms with Crippen LogP contribution in [0.4, 0.5) is 14.5 Å². The van der Waals surface area contributed by atoms with Gasteiger partial charge < -0.3 is 10.4 Å². The summed E-state index contributed by atoms with van der Waals surface area (Å²) in [5.41, 5.74) is 2.68. The number of hydrogen-bond acceptors (Lipinski definition) is 4. The standard InChI is InChI=1S/C25H17F2N3O2/c1-14(25(31)32)29-24-19-12-17(26)10-11-22(19)30-23(20(24)13-28)16-8-6-15(7-9-16)18-4-2-3-5-21(18)27/h2-12,14H,1H3,(H,29,30)(H,31,32). The first-order valence-corrected chi connectivity index (χ1v) is 9.77. The van der Waals surface area contributed by atoms with Crippen LogP contribution in [0.1, 0.15) is 12.5 Å². The topological polar surface area (TPSA) is 86.0 Å². The summed E-state index contributed by atoms with van der Waals surface area (Å²) >= 11 is 0. The van der Waals surface area contributed by atoms with E-state index in [0.717, 1.165) is 0 Å². The first-order chi connectivity index (χ1) is 15.4. The van der Waals surface area contributed by atoms with E-state index in [9.17, 15) is 23.9 Å². The number of pyridine rings is 1. The van der Waals surface area contributed by atoms with Crippen molar-refractivity contribution in [3.05, 3.63) is 83.9 Å². The number of anilines is 1. The SMILES string of the molecule is CC(Nc1c(C#N)c(-c2ccc(-c3ccccc3F)cc2)nc2ccc(F)cc12)C(=O)O. The molecule has 0 radical (unpaired) electrons. The number of carboxylic acid groups (broad SMARTS) is 1. The Morgan fingerprint density at radius 3 is 2.41 bits per heavy atom. The van der Waals surface area contributed by atoms with Crippen molar-refractivity contribution in [2.24, 2.45) is 0 Å². The number of halogens is 2. The Morgan fingerprint density at radius 2 is 1.75 bits per heavy atom. The second-order valence-electron chi connectivity index (χ2n) is 7.25. The van der Waals surface area contributed by atoms with Gasteiger partial charge in [-0.05, 0) is 36.8 Å². The molecule has 4 rings (SSSR count). The molecule has 0 amide bonds. The van der Waals surface area contributed by atoms with E-state index in [-0.39, 0.29) is 17.1 Å². The third-order valence-electron chi connectivity index (χ3n) is 5.13. The lowest BCUT2D eigenvalue weighted by Crippen LogP contribution is -2.26. The Morgan fingerprint density at radius 1 is 1.06 bits per heavy atom. The number of hydrogen-bond donors (Lipinski definition) is 2. The minimum absolute atomic E-state index is 0.0924. The molecule has 1 heterocycles. The van der Waals surface area contributed by atoms with Crippen LogP contribution in [0.25, 0.3) is 33.3 Å². The number of nitrogens with zero attached hydrogens (tertiary/aromatic N) is 2. The van der Waals surface area contributed by atoms with Crippen LogP contribution in [0, 0.1) is 23.0 Å². The summed E-state index contributed by atoms with van der Waals surface area (Å²) in [6.07, 6.45) is 0. The van der Waals surface area contributed by atoms with Crippen molar-refractivity contribution in [1.82, 2.24) is 4.98 Å². The van der Waals surface area contributed by atoms with Crippen LogP contribution >= 0.6 is 0 Å². The molecular formula is C25H17F2N3O2. The second kappa shape index (κ2) is 8.44. The third-order valence-corrected chi connectivity index (χ3v) is 5.13. The molecule has 0 aliphatic carbocycles. The molecule has 1 aromatic heterocycles. The van der Waals surface area contributed by atoms with Crippen molar-refractivity contribution in [3.8, 4) is 28.5 Å². The van der Waals surface area contributed by atoms with Crippen LogP contribution in [-0.2, 0) is 4.79 Å². The summed E-state index contributed by atoms with van der Waals surface area (Å²) in [5.74, 6) is -2.00. The fourth-order valence-electron chi connectivity index (χ4n) is 3.48. The third kappa shape index (κ3) is 3.86. The number of carbonyl (C=O) groups is 1. The Balaban J connectivity index is 1.89. The first-order valence-electron chi connectivity index (χ1n) is 9.77. The number of benzene rings is 3. The Kier molecular flexibility index (Phi) is 5.52. The van der Waals surface area contributed by atoms with E-state index in [4.69, 9.17) is 0 Å². The van der Waals surface area contributed by atoms with Gasteiger partial charge in [0.2, 0.25) is 0 Å². The van der Waals surface area contributed by atoms with Crippen molar-refractivity contribution >= 4 is 22.6 Å². The summed E-state index contributed by atoms with van der Waals surface area (Å²) in [6, 6.07) is 18.3. The fraction of sp³-hybridized carbons (Fsp3) is 0.0800. The average molecular weight is 429 g/mol. The molecule has 0 bridgehead atoms. The van der Waals surface area contributed by atoms with Gasteiger partial charge in [0.25, 0.3) is 0 Å². The molecule has 1 atom stereocenters. The van der Waals surface area contributed by atoms with Gasteiger partial charge in [-0.25, -0.2) is 13.8 Å². The highest BCUT2D eigenvalue weighted by molar-refractivity contribution is 5.99. The van der Waals surface area contributed by atoms with E-state index in [1.165, 1.54) is 31.2 Å². The molecule has 3 aromatic carbocycles. The highest BCUT2D eigenvalue weighted by Crippen LogP contribution is 2.35. The van der Waals surface area contributed by atoms with E-state index in [2.05, 4.69) is 16.4 Å². The van der Waals surface area contributed by atoms with Crippen molar-refractivity contribution < 1.29 is 18.7 Å². The van der Waals surface area contributed by atoms with E-state index >= 15 is 0 Å². The molecule has 5 nitrogen and oxygen atoms in total. The number of fused-ring (bicyclic) bond motifs is 1. The molecule has 0 fully saturated rings. The van der Waals surface area contributed by atoms with Crippen molar-refractivity contribution in [3.63, 3.8) is 0 Å². The average Bonchev–Trinajstić information content (AvgIpc) is 2.79. The lowest BCUT2D eigenvalue weighted by Gasteiger charge is -2.17. The largest absolute Gasteiger partial charge is 0.480 e. The van der Waals surface area contributed by atoms with Gasteiger partial charge in [0.05, 0.1) is 16.9 Å². The van der Waals surface area contributed by atoms with E-state index in [1.54, 1.807) is 42.5 Å². The van der Waals surface area contributed by atoms with Crippen LogP contribution in [0.2, 0.25) is 0 Å². The fourth-order valence-corrected chi connectivity index (χ4v) is 3.48. The zero-order valence-electron chi connectivity index (χ0n) is 16.9. The van der Waals surface area contributed by atoms with Crippen LogP contribution in [0.5, 0.6) is 0 Å². The molecule has 2 N–H and O–H groups in total. The van der Waals surface area contributed by atoms with Gasteiger partial charge in [-0.15, -0.1) is 0 Å². The van der Waals surface area contributed by atoms with Crippen LogP contribution in [0.15, 0.2) is 66.7 Å². The normalized spacial score (nSPS) is 11.7. The lowest BCUT2D eigenvalue weighted by atomic mass is 9.98. The Labute approximate surface area is 182 Å². The van der Waals surface area contributed by atoms with Gasteiger partial charge in [0, 0.05) is 16.5 Å². The maximum Gasteiger partial charge on any atom is 0.325 e. The number of nitriles is 1. The summed E-state index contributed by atoms with van der Waals surface area (Å²) in [5, 5.41) is 22.3. The molecule has 32 heavy (non-hydrogen) atoms. The minimum Gasteiger partial charge on any atom is -0.480 e. The summed E-state index contributed by atoms with van der Waals surface area (Å²) in [6.45, 7) is 1.43. The smallest absolute Gasteiger partial charge is 0.325 e. The van der Waals surface area contributed by atoms with Gasteiger partial charge in [-0.1, -0.05) is 42.5 Å². The van der Waals surface area contributed by atoms with Gasteiger partial charge in [-0.3, -0.25) is 4.79 Å². The van der Waals surface area contributed by atoms with Gasteiger partial charge in [0.15, 0.2) is 0 Å². The molecule has 4 aromatic rings. The molecule has 0 saturated heterocycles. The van der Waals surface area contributed by atoms with E-state index < -0.39 is 17.8 Å². The molecule has 7 heteroatoms. The molecule has 0 spiro atoms. The molecule has 0 aliphatic heterocycles. The number of aromatic nitrogens is 1. The highest BCUT2D eigenvalue weighted by Gasteiger charge is 2.21. The van der Waals surface area contributed by atoms with Crippen molar-refractivity contribution in [1.29, 1.82) is 5.26 Å². The molecule has 0 saturated carbocycles. The molecular weight excluding hydrogens is 412 g/mol. The van der Waals surface area contributed by atoms with Gasteiger partial charge in [0.1, 0.15) is 29.3 Å². The number of nitrogens with one attached hydrogen (secondary N) is 1. The minimum atomic E-state index is -1.12. The highest BCUT2D eigenvalue weighted by atomic mass is 19.1. The van der Waals surface area contributed by atoms with Crippen LogP contribution in [0.3, 0.4) is 0 Å². The Bertz CT molecular complexity index is 1380. The van der Waals surface area contributed by atoms with Crippen LogP contribution < -0.4 is 5.32 Å². The second-order valence-corrected chi connectivity index (χ2v) is 7.25. The summed E-state index contributed by atoms with van der Waals surface area (Å²) in [7, 11) is 0. The summed E-state index contributed by atoms with van der Waals surface area (Å²) < 4.78 is 28.0. The lowest BCUT2D eigenvalue weighted by molar-refractivity contribution is -0.137.